The maximum atomic E-state index is 13.6. The van der Waals surface area contributed by atoms with Gasteiger partial charge in [-0.15, -0.1) is 0 Å². The summed E-state index contributed by atoms with van der Waals surface area (Å²) in [5.74, 6) is -1.31. The van der Waals surface area contributed by atoms with Crippen LogP contribution in [0.25, 0.3) is 0 Å². The zero-order valence-corrected chi connectivity index (χ0v) is 17.6. The molecule has 0 spiro atoms. The number of sulfonamides is 1. The van der Waals surface area contributed by atoms with Gasteiger partial charge in [-0.2, -0.15) is 4.31 Å². The van der Waals surface area contributed by atoms with Gasteiger partial charge >= 0.3 is 0 Å². The Balaban J connectivity index is 1.47. The molecular weight excluding hydrogens is 418 g/mol. The van der Waals surface area contributed by atoms with Crippen molar-refractivity contribution in [1.82, 2.24) is 19.7 Å². The van der Waals surface area contributed by atoms with Crippen LogP contribution in [-0.2, 0) is 21.2 Å². The highest BCUT2D eigenvalue weighted by Gasteiger charge is 2.33. The average molecular weight is 442 g/mol. The molecule has 0 bridgehead atoms. The summed E-state index contributed by atoms with van der Waals surface area (Å²) in [7, 11) is -3.71. The highest BCUT2D eigenvalue weighted by atomic mass is 32.2. The smallest absolute Gasteiger partial charge is 0.248 e. The van der Waals surface area contributed by atoms with E-state index in [4.69, 9.17) is 4.52 Å². The minimum Gasteiger partial charge on any atom is -0.360 e. The lowest BCUT2D eigenvalue weighted by atomic mass is 10.1. The van der Waals surface area contributed by atoms with Crippen LogP contribution in [0.15, 0.2) is 27.6 Å². The Morgan fingerprint density at radius 1 is 1.17 bits per heavy atom. The molecule has 1 amide bonds. The number of hydrogen-bond donors (Lipinski definition) is 1. The first kappa shape index (κ1) is 22.3. The molecule has 0 radical (unpaired) electrons. The minimum absolute atomic E-state index is 0.0493. The third kappa shape index (κ3) is 4.85. The zero-order chi connectivity index (χ0) is 21.9. The fourth-order valence-corrected chi connectivity index (χ4v) is 5.17. The normalized spacial score (nSPS) is 16.0. The van der Waals surface area contributed by atoms with Crippen molar-refractivity contribution in [3.8, 4) is 0 Å². The standard InChI is InChI=1S/C19H24F2N4O4S/c1-13-19(14(2)29-23-13)30(27,28)25-10-8-24(9-11-25)12-18(26)22-7-6-15-16(20)4-3-5-17(15)21/h3-5H,6-12H2,1-2H3,(H,22,26). The molecule has 1 fully saturated rings. The van der Waals surface area contributed by atoms with Crippen LogP contribution in [0.5, 0.6) is 0 Å². The summed E-state index contributed by atoms with van der Waals surface area (Å²) in [6.45, 7) is 4.57. The molecule has 1 N–H and O–H groups in total. The van der Waals surface area contributed by atoms with E-state index in [-0.39, 0.29) is 54.7 Å². The van der Waals surface area contributed by atoms with Gasteiger partial charge in [0.25, 0.3) is 0 Å². The monoisotopic (exact) mass is 442 g/mol. The number of hydrogen-bond acceptors (Lipinski definition) is 6. The molecule has 3 rings (SSSR count). The molecule has 0 atom stereocenters. The predicted octanol–water partition coefficient (Wildman–Crippen LogP) is 1.23. The summed E-state index contributed by atoms with van der Waals surface area (Å²) in [6.07, 6.45) is 0.0493. The summed E-state index contributed by atoms with van der Waals surface area (Å²) in [5.41, 5.74) is 0.261. The van der Waals surface area contributed by atoms with Crippen LogP contribution in [0.4, 0.5) is 8.78 Å². The van der Waals surface area contributed by atoms with Crippen molar-refractivity contribution in [2.75, 3.05) is 39.3 Å². The van der Waals surface area contributed by atoms with Gasteiger partial charge in [0, 0.05) is 38.3 Å². The molecular formula is C19H24F2N4O4S. The van der Waals surface area contributed by atoms with Crippen LogP contribution in [0.3, 0.4) is 0 Å². The molecule has 1 saturated heterocycles. The lowest BCUT2D eigenvalue weighted by Gasteiger charge is -2.33. The Kier molecular flexibility index (Phi) is 6.84. The number of halogens is 2. The van der Waals surface area contributed by atoms with Gasteiger partial charge in [-0.25, -0.2) is 17.2 Å². The molecule has 2 aromatic rings. The second-order valence-electron chi connectivity index (χ2n) is 7.13. The Bertz CT molecular complexity index is 978. The van der Waals surface area contributed by atoms with E-state index >= 15 is 0 Å². The molecule has 1 aliphatic rings. The van der Waals surface area contributed by atoms with Crippen molar-refractivity contribution in [3.63, 3.8) is 0 Å². The fraction of sp³-hybridized carbons (Fsp3) is 0.474. The molecule has 8 nitrogen and oxygen atoms in total. The van der Waals surface area contributed by atoms with Crippen molar-refractivity contribution in [3.05, 3.63) is 46.9 Å². The number of benzene rings is 1. The predicted molar refractivity (Wildman–Crippen MR) is 104 cm³/mol. The van der Waals surface area contributed by atoms with E-state index in [1.807, 2.05) is 4.90 Å². The van der Waals surface area contributed by atoms with Crippen LogP contribution in [0.1, 0.15) is 17.0 Å². The first-order valence-electron chi connectivity index (χ1n) is 9.55. The number of aromatic nitrogens is 1. The van der Waals surface area contributed by atoms with Gasteiger partial charge in [-0.1, -0.05) is 11.2 Å². The maximum Gasteiger partial charge on any atom is 0.248 e. The number of carbonyl (C=O) groups excluding carboxylic acids is 1. The third-order valence-electron chi connectivity index (χ3n) is 5.02. The number of amides is 1. The topological polar surface area (TPSA) is 95.8 Å². The highest BCUT2D eigenvalue weighted by molar-refractivity contribution is 7.89. The van der Waals surface area contributed by atoms with Gasteiger partial charge in [0.15, 0.2) is 5.76 Å². The van der Waals surface area contributed by atoms with Gasteiger partial charge in [0.1, 0.15) is 22.2 Å². The van der Waals surface area contributed by atoms with E-state index in [9.17, 15) is 22.0 Å². The van der Waals surface area contributed by atoms with Crippen LogP contribution in [0, 0.1) is 25.5 Å². The van der Waals surface area contributed by atoms with Gasteiger partial charge in [0.05, 0.1) is 6.54 Å². The molecule has 1 aliphatic heterocycles. The molecule has 0 saturated carbocycles. The lowest BCUT2D eigenvalue weighted by Crippen LogP contribution is -2.51. The van der Waals surface area contributed by atoms with E-state index in [0.29, 0.717) is 18.8 Å². The summed E-state index contributed by atoms with van der Waals surface area (Å²) in [6, 6.07) is 3.64. The Labute approximate surface area is 173 Å². The quantitative estimate of drug-likeness (QED) is 0.693. The van der Waals surface area contributed by atoms with E-state index in [1.54, 1.807) is 13.8 Å². The maximum absolute atomic E-state index is 13.6. The molecule has 0 unspecified atom stereocenters. The van der Waals surface area contributed by atoms with Gasteiger partial charge in [-0.05, 0) is 32.4 Å². The van der Waals surface area contributed by atoms with Crippen LogP contribution in [0.2, 0.25) is 0 Å². The lowest BCUT2D eigenvalue weighted by molar-refractivity contribution is -0.122. The molecule has 11 heteroatoms. The van der Waals surface area contributed by atoms with Gasteiger partial charge in [-0.3, -0.25) is 9.69 Å². The Morgan fingerprint density at radius 2 is 1.80 bits per heavy atom. The van der Waals surface area contributed by atoms with E-state index in [1.165, 1.54) is 22.5 Å². The molecule has 30 heavy (non-hydrogen) atoms. The first-order chi connectivity index (χ1) is 14.2. The van der Waals surface area contributed by atoms with Crippen molar-refractivity contribution in [2.45, 2.75) is 25.2 Å². The van der Waals surface area contributed by atoms with Gasteiger partial charge in [0.2, 0.25) is 15.9 Å². The number of piperazine rings is 1. The molecule has 2 heterocycles. The SMILES string of the molecule is Cc1noc(C)c1S(=O)(=O)N1CCN(CC(=O)NCCc2c(F)cccc2F)CC1. The molecule has 0 aliphatic carbocycles. The number of carbonyl (C=O) groups is 1. The van der Waals surface area contributed by atoms with Crippen LogP contribution in [-0.4, -0.2) is 68.0 Å². The minimum atomic E-state index is -3.71. The number of rotatable bonds is 7. The summed E-state index contributed by atoms with van der Waals surface area (Å²) >= 11 is 0. The summed E-state index contributed by atoms with van der Waals surface area (Å²) < 4.78 is 59.2. The van der Waals surface area contributed by atoms with E-state index in [2.05, 4.69) is 10.5 Å². The van der Waals surface area contributed by atoms with Crippen LogP contribution < -0.4 is 5.32 Å². The van der Waals surface area contributed by atoms with Crippen LogP contribution >= 0.6 is 0 Å². The third-order valence-corrected chi connectivity index (χ3v) is 7.17. The second kappa shape index (κ2) is 9.19. The zero-order valence-electron chi connectivity index (χ0n) is 16.8. The average Bonchev–Trinajstić information content (AvgIpc) is 3.03. The van der Waals surface area contributed by atoms with E-state index in [0.717, 1.165) is 0 Å². The highest BCUT2D eigenvalue weighted by Crippen LogP contribution is 2.24. The first-order valence-corrected chi connectivity index (χ1v) is 11.0. The second-order valence-corrected chi connectivity index (χ2v) is 9.01. The largest absolute Gasteiger partial charge is 0.360 e. The van der Waals surface area contributed by atoms with Crippen molar-refractivity contribution in [1.29, 1.82) is 0 Å². The Morgan fingerprint density at radius 3 is 2.37 bits per heavy atom. The number of aryl methyl sites for hydroxylation is 2. The van der Waals surface area contributed by atoms with Crippen molar-refractivity contribution in [2.24, 2.45) is 0 Å². The summed E-state index contributed by atoms with van der Waals surface area (Å²) in [4.78, 5) is 14.1. The van der Waals surface area contributed by atoms with Crippen molar-refractivity contribution >= 4 is 15.9 Å². The molecule has 1 aromatic carbocycles. The van der Waals surface area contributed by atoms with Crippen molar-refractivity contribution < 1.29 is 26.5 Å². The number of nitrogens with one attached hydrogen (secondary N) is 1. The molecule has 164 valence electrons. The fourth-order valence-electron chi connectivity index (χ4n) is 3.46. The Hall–Kier alpha value is -2.37. The molecule has 1 aromatic heterocycles. The van der Waals surface area contributed by atoms with E-state index < -0.39 is 21.7 Å². The number of nitrogens with zero attached hydrogens (tertiary/aromatic N) is 3. The summed E-state index contributed by atoms with van der Waals surface area (Å²) in [5, 5.41) is 6.35. The van der Waals surface area contributed by atoms with Gasteiger partial charge < -0.3 is 9.84 Å².